The number of aromatic nitrogens is 2. The van der Waals surface area contributed by atoms with E-state index in [2.05, 4.69) is 47.2 Å². The fourth-order valence-electron chi connectivity index (χ4n) is 2.74. The zero-order valence-electron chi connectivity index (χ0n) is 12.3. The molecule has 0 amide bonds. The second-order valence-corrected chi connectivity index (χ2v) is 6.50. The Bertz CT molecular complexity index is 379. The molecular formula is C14H26N4S. The lowest BCUT2D eigenvalue weighted by Gasteiger charge is -2.38. The quantitative estimate of drug-likeness (QED) is 0.854. The van der Waals surface area contributed by atoms with Crippen LogP contribution in [-0.4, -0.2) is 58.4 Å². The van der Waals surface area contributed by atoms with Crippen LogP contribution < -0.4 is 5.32 Å². The molecule has 0 saturated carbocycles. The number of rotatable bonds is 6. The monoisotopic (exact) mass is 282 g/mol. The molecule has 0 aromatic carbocycles. The standard InChI is InChI=1S/C14H26N4S/c1-4-15-13(14-11-19-8-7-17(14)2)6-5-12-9-16-18(3)10-12/h9-10,13-15H,4-8,11H2,1-3H3. The van der Waals surface area contributed by atoms with Crippen LogP contribution in [0.2, 0.25) is 0 Å². The summed E-state index contributed by atoms with van der Waals surface area (Å²) in [5, 5.41) is 7.93. The topological polar surface area (TPSA) is 33.1 Å². The van der Waals surface area contributed by atoms with Gasteiger partial charge >= 0.3 is 0 Å². The van der Waals surface area contributed by atoms with Crippen molar-refractivity contribution >= 4 is 11.8 Å². The van der Waals surface area contributed by atoms with Gasteiger partial charge in [0.15, 0.2) is 0 Å². The highest BCUT2D eigenvalue weighted by Gasteiger charge is 2.27. The van der Waals surface area contributed by atoms with Gasteiger partial charge in [0.2, 0.25) is 0 Å². The first kappa shape index (κ1) is 14.9. The Kier molecular flexibility index (Phi) is 5.73. The molecule has 0 spiro atoms. The lowest BCUT2D eigenvalue weighted by molar-refractivity contribution is 0.209. The Morgan fingerprint density at radius 1 is 1.53 bits per heavy atom. The Hall–Kier alpha value is -0.520. The molecule has 1 N–H and O–H groups in total. The second-order valence-electron chi connectivity index (χ2n) is 5.35. The van der Waals surface area contributed by atoms with Crippen LogP contribution in [0.5, 0.6) is 0 Å². The molecule has 0 aliphatic carbocycles. The smallest absolute Gasteiger partial charge is 0.0521 e. The maximum absolute atomic E-state index is 4.25. The van der Waals surface area contributed by atoms with E-state index >= 15 is 0 Å². The molecule has 19 heavy (non-hydrogen) atoms. The van der Waals surface area contributed by atoms with Crippen LogP contribution in [0.25, 0.3) is 0 Å². The molecule has 1 aromatic heterocycles. The van der Waals surface area contributed by atoms with Crippen LogP contribution in [-0.2, 0) is 13.5 Å². The zero-order valence-corrected chi connectivity index (χ0v) is 13.1. The van der Waals surface area contributed by atoms with Gasteiger partial charge in [0.05, 0.1) is 6.20 Å². The highest BCUT2D eigenvalue weighted by atomic mass is 32.2. The van der Waals surface area contributed by atoms with Gasteiger partial charge in [-0.3, -0.25) is 4.68 Å². The molecule has 1 aromatic rings. The third-order valence-corrected chi connectivity index (χ3v) is 4.92. The number of aryl methyl sites for hydroxylation is 2. The van der Waals surface area contributed by atoms with Crippen LogP contribution in [0, 0.1) is 0 Å². The maximum Gasteiger partial charge on any atom is 0.0521 e. The third kappa shape index (κ3) is 4.23. The van der Waals surface area contributed by atoms with E-state index in [-0.39, 0.29) is 0 Å². The van der Waals surface area contributed by atoms with Crippen molar-refractivity contribution in [1.29, 1.82) is 0 Å². The van der Waals surface area contributed by atoms with E-state index in [1.165, 1.54) is 30.0 Å². The zero-order chi connectivity index (χ0) is 13.7. The summed E-state index contributed by atoms with van der Waals surface area (Å²) in [4.78, 5) is 2.52. The molecule has 0 bridgehead atoms. The Morgan fingerprint density at radius 3 is 3.00 bits per heavy atom. The summed E-state index contributed by atoms with van der Waals surface area (Å²) in [7, 11) is 4.25. The van der Waals surface area contributed by atoms with Crippen molar-refractivity contribution in [3.8, 4) is 0 Å². The summed E-state index contributed by atoms with van der Waals surface area (Å²) in [6, 6.07) is 1.25. The molecule has 0 radical (unpaired) electrons. The van der Waals surface area contributed by atoms with Crippen molar-refractivity contribution in [2.75, 3.05) is 31.6 Å². The van der Waals surface area contributed by atoms with Crippen molar-refractivity contribution in [3.63, 3.8) is 0 Å². The van der Waals surface area contributed by atoms with Crippen LogP contribution >= 0.6 is 11.8 Å². The minimum Gasteiger partial charge on any atom is -0.313 e. The van der Waals surface area contributed by atoms with Gasteiger partial charge in [-0.2, -0.15) is 16.9 Å². The van der Waals surface area contributed by atoms with Gasteiger partial charge < -0.3 is 10.2 Å². The Morgan fingerprint density at radius 2 is 2.37 bits per heavy atom. The molecule has 2 rings (SSSR count). The van der Waals surface area contributed by atoms with E-state index in [0.29, 0.717) is 12.1 Å². The molecule has 2 heterocycles. The van der Waals surface area contributed by atoms with Crippen molar-refractivity contribution < 1.29 is 0 Å². The van der Waals surface area contributed by atoms with Gasteiger partial charge in [-0.05, 0) is 32.0 Å². The highest BCUT2D eigenvalue weighted by Crippen LogP contribution is 2.20. The SMILES string of the molecule is CCNC(CCc1cnn(C)c1)C1CSCCN1C. The van der Waals surface area contributed by atoms with Crippen LogP contribution in [0.4, 0.5) is 0 Å². The highest BCUT2D eigenvalue weighted by molar-refractivity contribution is 7.99. The Labute approximate surface area is 120 Å². The lowest BCUT2D eigenvalue weighted by atomic mass is 10.0. The van der Waals surface area contributed by atoms with E-state index in [9.17, 15) is 0 Å². The van der Waals surface area contributed by atoms with Crippen molar-refractivity contribution in [1.82, 2.24) is 20.0 Å². The number of hydrogen-bond donors (Lipinski definition) is 1. The van der Waals surface area contributed by atoms with E-state index in [4.69, 9.17) is 0 Å². The number of nitrogens with one attached hydrogen (secondary N) is 1. The van der Waals surface area contributed by atoms with Gasteiger partial charge in [-0.15, -0.1) is 0 Å². The molecule has 2 atom stereocenters. The van der Waals surface area contributed by atoms with Crippen molar-refractivity contribution in [2.24, 2.45) is 7.05 Å². The van der Waals surface area contributed by atoms with Crippen molar-refractivity contribution in [3.05, 3.63) is 18.0 Å². The Balaban J connectivity index is 1.91. The molecule has 2 unspecified atom stereocenters. The van der Waals surface area contributed by atoms with Crippen LogP contribution in [0.1, 0.15) is 18.9 Å². The first-order valence-corrected chi connectivity index (χ1v) is 8.35. The van der Waals surface area contributed by atoms with Crippen LogP contribution in [0.3, 0.4) is 0 Å². The van der Waals surface area contributed by atoms with E-state index < -0.39 is 0 Å². The van der Waals surface area contributed by atoms with Gasteiger partial charge in [-0.25, -0.2) is 0 Å². The summed E-state index contributed by atoms with van der Waals surface area (Å²) in [6.07, 6.45) is 6.42. The molecule has 1 aliphatic heterocycles. The number of nitrogens with zero attached hydrogens (tertiary/aromatic N) is 3. The first-order valence-electron chi connectivity index (χ1n) is 7.19. The molecule has 1 saturated heterocycles. The van der Waals surface area contributed by atoms with Gasteiger partial charge in [-0.1, -0.05) is 6.92 Å². The third-order valence-electron chi connectivity index (χ3n) is 3.88. The minimum absolute atomic E-state index is 0.586. The van der Waals surface area contributed by atoms with E-state index in [0.717, 1.165) is 13.0 Å². The normalized spacial score (nSPS) is 22.6. The van der Waals surface area contributed by atoms with Gasteiger partial charge in [0.25, 0.3) is 0 Å². The molecule has 4 nitrogen and oxygen atoms in total. The number of hydrogen-bond acceptors (Lipinski definition) is 4. The number of likely N-dealkylation sites (N-methyl/N-ethyl adjacent to an activating group) is 2. The predicted molar refractivity (Wildman–Crippen MR) is 82.7 cm³/mol. The largest absolute Gasteiger partial charge is 0.313 e. The second kappa shape index (κ2) is 7.31. The fourth-order valence-corrected chi connectivity index (χ4v) is 4.06. The predicted octanol–water partition coefficient (Wildman–Crippen LogP) is 1.38. The summed E-state index contributed by atoms with van der Waals surface area (Å²) < 4.78 is 1.89. The molecule has 1 aliphatic rings. The molecule has 108 valence electrons. The summed E-state index contributed by atoms with van der Waals surface area (Å²) in [5.41, 5.74) is 1.34. The van der Waals surface area contributed by atoms with E-state index in [1.807, 2.05) is 17.9 Å². The molecule has 5 heteroatoms. The minimum atomic E-state index is 0.586. The lowest BCUT2D eigenvalue weighted by Crippen LogP contribution is -2.52. The van der Waals surface area contributed by atoms with Crippen LogP contribution in [0.15, 0.2) is 12.4 Å². The summed E-state index contributed by atoms with van der Waals surface area (Å²) in [5.74, 6) is 2.52. The van der Waals surface area contributed by atoms with Crippen molar-refractivity contribution in [2.45, 2.75) is 31.8 Å². The van der Waals surface area contributed by atoms with E-state index in [1.54, 1.807) is 0 Å². The molecule has 1 fully saturated rings. The summed E-state index contributed by atoms with van der Waals surface area (Å²) in [6.45, 7) is 4.46. The average Bonchev–Trinajstić information content (AvgIpc) is 2.81. The maximum atomic E-state index is 4.25. The van der Waals surface area contributed by atoms with Gasteiger partial charge in [0, 0.05) is 43.4 Å². The summed E-state index contributed by atoms with van der Waals surface area (Å²) >= 11 is 2.09. The fraction of sp³-hybridized carbons (Fsp3) is 0.786. The molecular weight excluding hydrogens is 256 g/mol. The number of thioether (sulfide) groups is 1. The van der Waals surface area contributed by atoms with Gasteiger partial charge in [0.1, 0.15) is 0 Å². The average molecular weight is 282 g/mol. The first-order chi connectivity index (χ1) is 9.20.